The number of nitrogens with zero attached hydrogens (tertiary/aromatic N) is 1. The lowest BCUT2D eigenvalue weighted by Crippen LogP contribution is -2.42. The van der Waals surface area contributed by atoms with E-state index in [0.717, 1.165) is 39.3 Å². The highest BCUT2D eigenvalue weighted by molar-refractivity contribution is 4.65. The molecule has 1 heterocycles. The van der Waals surface area contributed by atoms with Crippen LogP contribution in [0.4, 0.5) is 0 Å². The monoisotopic (exact) mass is 424 g/mol. The highest BCUT2D eigenvalue weighted by atomic mass is 15.2. The van der Waals surface area contributed by atoms with Gasteiger partial charge >= 0.3 is 0 Å². The van der Waals surface area contributed by atoms with Crippen molar-refractivity contribution in [1.29, 1.82) is 0 Å². The molecule has 180 valence electrons. The zero-order valence-electron chi connectivity index (χ0n) is 20.6. The Morgan fingerprint density at radius 1 is 0.433 bits per heavy atom. The average molecular weight is 425 g/mol. The maximum atomic E-state index is 3.56. The Morgan fingerprint density at radius 3 is 1.17 bits per heavy atom. The summed E-state index contributed by atoms with van der Waals surface area (Å²) in [6.45, 7) is 12.6. The van der Waals surface area contributed by atoms with Gasteiger partial charge in [0, 0.05) is 52.4 Å². The predicted octanol–water partition coefficient (Wildman–Crippen LogP) is 5.33. The predicted molar refractivity (Wildman–Crippen MR) is 135 cm³/mol. The molecule has 4 heteroatoms. The number of hydrogen-bond acceptors (Lipinski definition) is 4. The van der Waals surface area contributed by atoms with Crippen molar-refractivity contribution in [2.45, 2.75) is 110 Å². The molecule has 0 aliphatic carbocycles. The zero-order chi connectivity index (χ0) is 21.4. The van der Waals surface area contributed by atoms with Crippen LogP contribution in [0.2, 0.25) is 0 Å². The van der Waals surface area contributed by atoms with E-state index >= 15 is 0 Å². The quantitative estimate of drug-likeness (QED) is 0.276. The number of rotatable bonds is 17. The van der Waals surface area contributed by atoms with Crippen LogP contribution in [0.25, 0.3) is 0 Å². The molecule has 0 bridgehead atoms. The molecule has 0 radical (unpaired) electrons. The molecule has 1 fully saturated rings. The van der Waals surface area contributed by atoms with E-state index in [1.165, 1.54) is 122 Å². The van der Waals surface area contributed by atoms with Crippen LogP contribution >= 0.6 is 0 Å². The fourth-order valence-electron chi connectivity index (χ4n) is 4.42. The Hall–Kier alpha value is -0.160. The summed E-state index contributed by atoms with van der Waals surface area (Å²) in [7, 11) is 0. The van der Waals surface area contributed by atoms with Gasteiger partial charge in [0.2, 0.25) is 0 Å². The van der Waals surface area contributed by atoms with Gasteiger partial charge in [-0.1, -0.05) is 103 Å². The third-order valence-electron chi connectivity index (χ3n) is 6.49. The van der Waals surface area contributed by atoms with Crippen molar-refractivity contribution in [3.63, 3.8) is 0 Å². The van der Waals surface area contributed by atoms with Crippen LogP contribution in [0.5, 0.6) is 0 Å². The van der Waals surface area contributed by atoms with Gasteiger partial charge in [-0.25, -0.2) is 0 Å². The molecular formula is C26H56N4. The topological polar surface area (TPSA) is 39.3 Å². The standard InChI is InChI=1S/C26H56N4/c1-2-3-4-5-6-7-8-9-10-11-12-13-14-15-16-17-24-30-25-22-28-20-18-27-19-21-29-23-26-30/h27-29H,2-26H2,1H3. The van der Waals surface area contributed by atoms with Crippen molar-refractivity contribution in [2.24, 2.45) is 0 Å². The number of unbranched alkanes of at least 4 members (excludes halogenated alkanes) is 15. The van der Waals surface area contributed by atoms with Gasteiger partial charge < -0.3 is 20.9 Å². The van der Waals surface area contributed by atoms with Gasteiger partial charge in [0.15, 0.2) is 0 Å². The lowest BCUT2D eigenvalue weighted by molar-refractivity contribution is 0.264. The third-order valence-corrected chi connectivity index (χ3v) is 6.49. The second kappa shape index (κ2) is 23.5. The van der Waals surface area contributed by atoms with Crippen molar-refractivity contribution >= 4 is 0 Å². The van der Waals surface area contributed by atoms with Gasteiger partial charge in [0.1, 0.15) is 0 Å². The van der Waals surface area contributed by atoms with Crippen LogP contribution < -0.4 is 16.0 Å². The molecule has 0 unspecified atom stereocenters. The summed E-state index contributed by atoms with van der Waals surface area (Å²) >= 11 is 0. The molecule has 0 aromatic heterocycles. The summed E-state index contributed by atoms with van der Waals surface area (Å²) in [5.41, 5.74) is 0. The minimum atomic E-state index is 1.08. The summed E-state index contributed by atoms with van der Waals surface area (Å²) in [6, 6.07) is 0. The summed E-state index contributed by atoms with van der Waals surface area (Å²) in [5, 5.41) is 10.6. The van der Waals surface area contributed by atoms with Gasteiger partial charge in [-0.05, 0) is 13.0 Å². The second-order valence-electron chi connectivity index (χ2n) is 9.39. The fourth-order valence-corrected chi connectivity index (χ4v) is 4.42. The summed E-state index contributed by atoms with van der Waals surface area (Å²) < 4.78 is 0. The molecule has 1 rings (SSSR count). The van der Waals surface area contributed by atoms with Crippen LogP contribution in [-0.4, -0.2) is 63.8 Å². The van der Waals surface area contributed by atoms with Crippen LogP contribution in [-0.2, 0) is 0 Å². The fraction of sp³-hybridized carbons (Fsp3) is 1.00. The molecule has 0 saturated carbocycles. The van der Waals surface area contributed by atoms with E-state index in [1.54, 1.807) is 0 Å². The van der Waals surface area contributed by atoms with Crippen molar-refractivity contribution in [2.75, 3.05) is 58.9 Å². The maximum Gasteiger partial charge on any atom is 0.0107 e. The molecule has 0 atom stereocenters. The Balaban J connectivity index is 1.83. The first kappa shape index (κ1) is 27.9. The van der Waals surface area contributed by atoms with E-state index in [1.807, 2.05) is 0 Å². The normalized spacial score (nSPS) is 17.5. The molecule has 1 aliphatic rings. The van der Waals surface area contributed by atoms with E-state index in [-0.39, 0.29) is 0 Å². The highest BCUT2D eigenvalue weighted by Gasteiger charge is 2.05. The highest BCUT2D eigenvalue weighted by Crippen LogP contribution is 2.13. The first-order valence-corrected chi connectivity index (χ1v) is 13.8. The van der Waals surface area contributed by atoms with E-state index in [0.29, 0.717) is 0 Å². The van der Waals surface area contributed by atoms with Gasteiger partial charge in [-0.3, -0.25) is 0 Å². The number of hydrogen-bond donors (Lipinski definition) is 3. The summed E-state index contributed by atoms with van der Waals surface area (Å²) in [4.78, 5) is 2.65. The Kier molecular flexibility index (Phi) is 21.8. The minimum absolute atomic E-state index is 1.08. The van der Waals surface area contributed by atoms with E-state index in [4.69, 9.17) is 0 Å². The molecule has 1 aliphatic heterocycles. The summed E-state index contributed by atoms with van der Waals surface area (Å²) in [5.74, 6) is 0. The molecule has 0 aromatic carbocycles. The van der Waals surface area contributed by atoms with Crippen molar-refractivity contribution in [3.8, 4) is 0 Å². The second-order valence-corrected chi connectivity index (χ2v) is 9.39. The van der Waals surface area contributed by atoms with Crippen LogP contribution in [0.1, 0.15) is 110 Å². The minimum Gasteiger partial charge on any atom is -0.314 e. The molecule has 0 spiro atoms. The lowest BCUT2D eigenvalue weighted by Gasteiger charge is -2.23. The molecule has 1 saturated heterocycles. The molecule has 4 nitrogen and oxygen atoms in total. The number of nitrogens with one attached hydrogen (secondary N) is 3. The largest absolute Gasteiger partial charge is 0.314 e. The van der Waals surface area contributed by atoms with E-state index in [2.05, 4.69) is 27.8 Å². The average Bonchev–Trinajstić information content (AvgIpc) is 2.75. The third kappa shape index (κ3) is 19.8. The van der Waals surface area contributed by atoms with Gasteiger partial charge in [0.25, 0.3) is 0 Å². The maximum absolute atomic E-state index is 3.56. The first-order chi connectivity index (χ1) is 14.9. The van der Waals surface area contributed by atoms with Crippen molar-refractivity contribution < 1.29 is 0 Å². The molecule has 30 heavy (non-hydrogen) atoms. The Morgan fingerprint density at radius 2 is 0.767 bits per heavy atom. The molecule has 3 N–H and O–H groups in total. The molecule has 0 aromatic rings. The molecule has 0 amide bonds. The van der Waals surface area contributed by atoms with Crippen molar-refractivity contribution in [1.82, 2.24) is 20.9 Å². The van der Waals surface area contributed by atoms with E-state index in [9.17, 15) is 0 Å². The van der Waals surface area contributed by atoms with Gasteiger partial charge in [0.05, 0.1) is 0 Å². The molecular weight excluding hydrogens is 368 g/mol. The van der Waals surface area contributed by atoms with Crippen LogP contribution in [0, 0.1) is 0 Å². The lowest BCUT2D eigenvalue weighted by atomic mass is 10.0. The van der Waals surface area contributed by atoms with Crippen LogP contribution in [0.15, 0.2) is 0 Å². The van der Waals surface area contributed by atoms with E-state index < -0.39 is 0 Å². The SMILES string of the molecule is CCCCCCCCCCCCCCCCCCN1CCNCCNCCNCC1. The Bertz CT molecular complexity index is 312. The first-order valence-electron chi connectivity index (χ1n) is 13.8. The summed E-state index contributed by atoms with van der Waals surface area (Å²) in [6.07, 6.45) is 23.2. The van der Waals surface area contributed by atoms with Gasteiger partial charge in [-0.15, -0.1) is 0 Å². The van der Waals surface area contributed by atoms with Gasteiger partial charge in [-0.2, -0.15) is 0 Å². The Labute approximate surface area is 189 Å². The zero-order valence-corrected chi connectivity index (χ0v) is 20.6. The van der Waals surface area contributed by atoms with Crippen LogP contribution in [0.3, 0.4) is 0 Å². The smallest absolute Gasteiger partial charge is 0.0107 e. The van der Waals surface area contributed by atoms with Crippen molar-refractivity contribution in [3.05, 3.63) is 0 Å².